The van der Waals surface area contributed by atoms with E-state index in [1.165, 1.54) is 6.42 Å². The van der Waals surface area contributed by atoms with E-state index in [9.17, 15) is 15.0 Å². The summed E-state index contributed by atoms with van der Waals surface area (Å²) in [6.45, 7) is 1.78. The number of carboxylic acid groups (broad SMARTS) is 1. The highest BCUT2D eigenvalue weighted by Gasteiger charge is 2.45. The Kier molecular flexibility index (Phi) is 7.86. The molecule has 6 heteroatoms. The number of carboxylic acids is 1. The first-order chi connectivity index (χ1) is 16.3. The number of ether oxygens (including phenoxy) is 1. The number of hydrogen-bond acceptors (Lipinski definition) is 4. The molecule has 4 rings (SSSR count). The van der Waals surface area contributed by atoms with Gasteiger partial charge in [0.1, 0.15) is 5.75 Å². The lowest BCUT2D eigenvalue weighted by Gasteiger charge is -2.46. The number of hydrogen-bond donors (Lipinski definition) is 3. The Balaban J connectivity index is 1.55. The summed E-state index contributed by atoms with van der Waals surface area (Å²) >= 11 is 6.74. The molecule has 5 atom stereocenters. The van der Waals surface area contributed by atoms with Gasteiger partial charge in [0.2, 0.25) is 0 Å². The summed E-state index contributed by atoms with van der Waals surface area (Å²) in [5.41, 5.74) is 2.91. The highest BCUT2D eigenvalue weighted by molar-refractivity contribution is 6.21. The first kappa shape index (κ1) is 25.0. The van der Waals surface area contributed by atoms with Crippen LogP contribution in [0.2, 0.25) is 0 Å². The summed E-state index contributed by atoms with van der Waals surface area (Å²) < 4.78 is 5.33. The Bertz CT molecular complexity index is 988. The fourth-order valence-corrected chi connectivity index (χ4v) is 6.47. The van der Waals surface area contributed by atoms with Gasteiger partial charge in [-0.15, -0.1) is 11.6 Å². The monoisotopic (exact) mass is 486 g/mol. The second-order valence-corrected chi connectivity index (χ2v) is 10.6. The average Bonchev–Trinajstić information content (AvgIpc) is 3.07. The summed E-state index contributed by atoms with van der Waals surface area (Å²) in [4.78, 5) is 10.8. The Hall–Kier alpha value is -2.08. The van der Waals surface area contributed by atoms with Crippen LogP contribution in [0.1, 0.15) is 74.2 Å². The van der Waals surface area contributed by atoms with E-state index in [0.29, 0.717) is 18.6 Å². The maximum absolute atomic E-state index is 11.3. The van der Waals surface area contributed by atoms with Gasteiger partial charge in [0, 0.05) is 16.7 Å². The summed E-state index contributed by atoms with van der Waals surface area (Å²) in [5, 5.41) is 30.9. The van der Waals surface area contributed by atoms with Gasteiger partial charge in [-0.25, -0.2) is 4.79 Å². The molecule has 2 fully saturated rings. The molecule has 184 valence electrons. The topological polar surface area (TPSA) is 87.0 Å². The summed E-state index contributed by atoms with van der Waals surface area (Å²) in [5.74, 6) is -0.642. The first-order valence-electron chi connectivity index (χ1n) is 12.4. The van der Waals surface area contributed by atoms with E-state index in [-0.39, 0.29) is 29.2 Å². The first-order valence-corrected chi connectivity index (χ1v) is 12.8. The molecule has 0 spiro atoms. The zero-order valence-corrected chi connectivity index (χ0v) is 20.5. The van der Waals surface area contributed by atoms with Gasteiger partial charge in [-0.05, 0) is 66.8 Å². The molecular weight excluding hydrogens is 452 g/mol. The highest BCUT2D eigenvalue weighted by atomic mass is 35.5. The quantitative estimate of drug-likeness (QED) is 0.388. The van der Waals surface area contributed by atoms with E-state index in [1.807, 2.05) is 36.4 Å². The van der Waals surface area contributed by atoms with Crippen LogP contribution in [-0.4, -0.2) is 39.4 Å². The molecule has 34 heavy (non-hydrogen) atoms. The number of benzene rings is 2. The normalized spacial score (nSPS) is 26.6. The molecule has 0 aromatic heterocycles. The van der Waals surface area contributed by atoms with Crippen LogP contribution in [0.25, 0.3) is 0 Å². The molecule has 0 heterocycles. The highest BCUT2D eigenvalue weighted by Crippen LogP contribution is 2.54. The molecule has 2 aromatic carbocycles. The largest absolute Gasteiger partial charge is 0.482 e. The van der Waals surface area contributed by atoms with Crippen molar-refractivity contribution in [2.75, 3.05) is 6.61 Å². The Morgan fingerprint density at radius 1 is 1.21 bits per heavy atom. The number of carbonyl (C=O) groups is 1. The van der Waals surface area contributed by atoms with E-state index in [2.05, 4.69) is 13.0 Å². The van der Waals surface area contributed by atoms with Crippen molar-refractivity contribution in [1.82, 2.24) is 0 Å². The Morgan fingerprint density at radius 3 is 2.65 bits per heavy atom. The fraction of sp³-hybridized carbons (Fsp3) is 0.536. The van der Waals surface area contributed by atoms with E-state index >= 15 is 0 Å². The van der Waals surface area contributed by atoms with Crippen molar-refractivity contribution in [1.29, 1.82) is 0 Å². The minimum atomic E-state index is -1.02. The third-order valence-electron chi connectivity index (χ3n) is 7.83. The lowest BCUT2D eigenvalue weighted by molar-refractivity contribution is -0.139. The number of halogens is 1. The Morgan fingerprint density at radius 2 is 1.97 bits per heavy atom. The zero-order valence-electron chi connectivity index (χ0n) is 19.7. The van der Waals surface area contributed by atoms with Crippen LogP contribution in [0.4, 0.5) is 0 Å². The molecule has 3 N–H and O–H groups in total. The standard InChI is InChI=1S/C28H35ClO5/c1-2-10-28(11-5-12-28)27(33)20-8-4-7-19(15-20)26-22(23(29)16-24(26)30)14-18-6-3-9-21(13-18)34-17-25(31)32/h3-4,6-9,13,15,22-24,26-27,30,33H,2,5,10-12,14,16-17H2,1H3,(H,31,32)/t22-,23+,24+,26+,27?/m0/s1. The number of rotatable bonds is 10. The number of alkyl halides is 1. The second-order valence-electron chi connectivity index (χ2n) is 10.1. The molecule has 2 aromatic rings. The molecule has 0 amide bonds. The van der Waals surface area contributed by atoms with Crippen molar-refractivity contribution in [2.45, 2.75) is 75.4 Å². The maximum Gasteiger partial charge on any atom is 0.341 e. The van der Waals surface area contributed by atoms with Gasteiger partial charge >= 0.3 is 5.97 Å². The number of aliphatic hydroxyl groups is 2. The predicted octanol–water partition coefficient (Wildman–Crippen LogP) is 5.47. The summed E-state index contributed by atoms with van der Waals surface area (Å²) in [7, 11) is 0. The Labute approximate surface area is 206 Å². The van der Waals surface area contributed by atoms with Crippen LogP contribution in [0.15, 0.2) is 48.5 Å². The molecule has 2 aliphatic rings. The maximum atomic E-state index is 11.3. The van der Waals surface area contributed by atoms with Crippen molar-refractivity contribution in [3.05, 3.63) is 65.2 Å². The third kappa shape index (κ3) is 5.27. The van der Waals surface area contributed by atoms with Gasteiger partial charge in [0.25, 0.3) is 0 Å². The number of aliphatic hydroxyl groups excluding tert-OH is 2. The van der Waals surface area contributed by atoms with Gasteiger partial charge in [-0.1, -0.05) is 56.2 Å². The molecule has 1 unspecified atom stereocenters. The van der Waals surface area contributed by atoms with E-state index in [4.69, 9.17) is 21.4 Å². The molecule has 0 saturated heterocycles. The molecular formula is C28H35ClO5. The molecule has 0 aliphatic heterocycles. The average molecular weight is 487 g/mol. The van der Waals surface area contributed by atoms with Crippen molar-refractivity contribution in [3.63, 3.8) is 0 Å². The van der Waals surface area contributed by atoms with Crippen LogP contribution in [0.5, 0.6) is 5.75 Å². The fourth-order valence-electron chi connectivity index (χ4n) is 6.05. The summed E-state index contributed by atoms with van der Waals surface area (Å²) in [6, 6.07) is 15.5. The van der Waals surface area contributed by atoms with Crippen molar-refractivity contribution < 1.29 is 24.9 Å². The SMILES string of the molecule is CCCC1(C(O)c2cccc([C@@H]3[C@@H](Cc4cccc(OCC(=O)O)c4)[C@H](Cl)C[C@H]3O)c2)CCC1. The van der Waals surface area contributed by atoms with Crippen molar-refractivity contribution in [2.24, 2.45) is 11.3 Å². The molecule has 0 radical (unpaired) electrons. The molecule has 5 nitrogen and oxygen atoms in total. The molecule has 0 bridgehead atoms. The van der Waals surface area contributed by atoms with Gasteiger partial charge in [0.15, 0.2) is 6.61 Å². The van der Waals surface area contributed by atoms with Crippen LogP contribution >= 0.6 is 11.6 Å². The minimum absolute atomic E-state index is 0.00656. The molecule has 2 aliphatic carbocycles. The van der Waals surface area contributed by atoms with Crippen LogP contribution in [-0.2, 0) is 11.2 Å². The lowest BCUT2D eigenvalue weighted by atomic mass is 9.61. The minimum Gasteiger partial charge on any atom is -0.482 e. The summed E-state index contributed by atoms with van der Waals surface area (Å²) in [6.07, 6.45) is 5.48. The molecule has 2 saturated carbocycles. The van der Waals surface area contributed by atoms with Crippen LogP contribution in [0, 0.1) is 11.3 Å². The van der Waals surface area contributed by atoms with Crippen LogP contribution < -0.4 is 4.74 Å². The van der Waals surface area contributed by atoms with E-state index in [0.717, 1.165) is 42.4 Å². The lowest BCUT2D eigenvalue weighted by Crippen LogP contribution is -2.36. The number of aliphatic carboxylic acids is 1. The predicted molar refractivity (Wildman–Crippen MR) is 132 cm³/mol. The van der Waals surface area contributed by atoms with Crippen molar-refractivity contribution >= 4 is 17.6 Å². The second kappa shape index (κ2) is 10.7. The van der Waals surface area contributed by atoms with Gasteiger partial charge in [-0.2, -0.15) is 0 Å². The van der Waals surface area contributed by atoms with Crippen molar-refractivity contribution in [3.8, 4) is 5.75 Å². The van der Waals surface area contributed by atoms with E-state index < -0.39 is 18.2 Å². The smallest absolute Gasteiger partial charge is 0.341 e. The van der Waals surface area contributed by atoms with Gasteiger partial charge in [0.05, 0.1) is 12.2 Å². The van der Waals surface area contributed by atoms with E-state index in [1.54, 1.807) is 6.07 Å². The van der Waals surface area contributed by atoms with Crippen LogP contribution in [0.3, 0.4) is 0 Å². The van der Waals surface area contributed by atoms with Gasteiger partial charge < -0.3 is 20.1 Å². The van der Waals surface area contributed by atoms with Gasteiger partial charge in [-0.3, -0.25) is 0 Å². The zero-order chi connectivity index (χ0) is 24.3. The third-order valence-corrected chi connectivity index (χ3v) is 8.33.